The number of hydrogen-bond acceptors (Lipinski definition) is 4. The van der Waals surface area contributed by atoms with Crippen LogP contribution in [0.15, 0.2) is 60.8 Å². The Balaban J connectivity index is 1.81. The minimum Gasteiger partial charge on any atom is -0.406 e. The zero-order valence-electron chi connectivity index (χ0n) is 17.4. The van der Waals surface area contributed by atoms with Gasteiger partial charge in [-0.3, -0.25) is 10.1 Å². The summed E-state index contributed by atoms with van der Waals surface area (Å²) in [5, 5.41) is 6.08. The third-order valence-corrected chi connectivity index (χ3v) is 4.61. The van der Waals surface area contributed by atoms with E-state index in [4.69, 9.17) is 4.74 Å². The Hall–Kier alpha value is -3.82. The summed E-state index contributed by atoms with van der Waals surface area (Å²) < 4.78 is 46.6. The number of carbonyl (C=O) groups is 2. The van der Waals surface area contributed by atoms with Gasteiger partial charge in [-0.05, 0) is 44.2 Å². The molecule has 3 aromatic rings. The number of aromatic nitrogens is 2. The molecule has 2 aromatic carbocycles. The van der Waals surface area contributed by atoms with Gasteiger partial charge in [0.05, 0.1) is 11.9 Å². The van der Waals surface area contributed by atoms with Crippen LogP contribution in [0.2, 0.25) is 0 Å². The number of carbonyl (C=O) groups excluding carboxylic acids is 2. The maximum atomic E-state index is 13.7. The van der Waals surface area contributed by atoms with E-state index in [1.165, 1.54) is 24.3 Å². The smallest absolute Gasteiger partial charge is 0.406 e. The Bertz CT molecular complexity index is 1090. The number of nitrogens with one attached hydrogen (secondary N) is 1. The molecular formula is C22H21F3N4O3. The zero-order valence-corrected chi connectivity index (χ0v) is 17.4. The number of ether oxygens (including phenoxy) is 1. The maximum absolute atomic E-state index is 13.7. The normalized spacial score (nSPS) is 11.2. The van der Waals surface area contributed by atoms with Crippen molar-refractivity contribution in [3.05, 3.63) is 72.1 Å². The molecule has 1 heterocycles. The molecule has 168 valence electrons. The second-order valence-electron chi connectivity index (χ2n) is 6.68. The number of para-hydroxylation sites is 1. The molecule has 0 spiro atoms. The average molecular weight is 446 g/mol. The maximum Gasteiger partial charge on any atom is 0.437 e. The zero-order chi connectivity index (χ0) is 23.3. The Morgan fingerprint density at radius 1 is 1.06 bits per heavy atom. The van der Waals surface area contributed by atoms with E-state index in [0.29, 0.717) is 23.3 Å². The number of hydrogen-bond donors (Lipinski definition) is 1. The molecule has 0 saturated heterocycles. The van der Waals surface area contributed by atoms with Gasteiger partial charge in [-0.1, -0.05) is 24.3 Å². The summed E-state index contributed by atoms with van der Waals surface area (Å²) in [6.45, 7) is 4.71. The molecule has 32 heavy (non-hydrogen) atoms. The van der Waals surface area contributed by atoms with Gasteiger partial charge in [-0.25, -0.2) is 9.48 Å². The van der Waals surface area contributed by atoms with Crippen LogP contribution >= 0.6 is 0 Å². The topological polar surface area (TPSA) is 76.5 Å². The molecule has 0 radical (unpaired) electrons. The van der Waals surface area contributed by atoms with Crippen molar-refractivity contribution in [2.24, 2.45) is 0 Å². The van der Waals surface area contributed by atoms with Crippen molar-refractivity contribution in [2.75, 3.05) is 18.4 Å². The molecular weight excluding hydrogens is 425 g/mol. The summed E-state index contributed by atoms with van der Waals surface area (Å²) in [7, 11) is 0. The first-order valence-corrected chi connectivity index (χ1v) is 9.83. The highest BCUT2D eigenvalue weighted by atomic mass is 19.4. The molecule has 0 bridgehead atoms. The van der Waals surface area contributed by atoms with E-state index in [9.17, 15) is 22.8 Å². The monoisotopic (exact) mass is 446 g/mol. The summed E-state index contributed by atoms with van der Waals surface area (Å²) in [4.78, 5) is 26.4. The highest BCUT2D eigenvalue weighted by Gasteiger charge is 2.40. The summed E-state index contributed by atoms with van der Waals surface area (Å²) in [5.74, 6) is -0.968. The van der Waals surface area contributed by atoms with Crippen LogP contribution < -0.4 is 10.1 Å². The SMILES string of the molecule is CCN(CC)C(=O)c1cccc(NC(=O)Oc2cnn(-c3ccccc3)c2C(F)(F)F)c1. The van der Waals surface area contributed by atoms with Crippen molar-refractivity contribution >= 4 is 17.7 Å². The molecule has 1 N–H and O–H groups in total. The molecule has 1 aromatic heterocycles. The van der Waals surface area contributed by atoms with Crippen LogP contribution in [-0.2, 0) is 6.18 Å². The van der Waals surface area contributed by atoms with E-state index in [2.05, 4.69) is 10.4 Å². The van der Waals surface area contributed by atoms with Crippen molar-refractivity contribution in [3.8, 4) is 11.4 Å². The van der Waals surface area contributed by atoms with E-state index in [-0.39, 0.29) is 17.3 Å². The van der Waals surface area contributed by atoms with E-state index in [0.717, 1.165) is 6.20 Å². The van der Waals surface area contributed by atoms with Crippen LogP contribution in [0.4, 0.5) is 23.7 Å². The van der Waals surface area contributed by atoms with E-state index in [1.54, 1.807) is 35.2 Å². The Labute approximate surface area is 182 Å². The largest absolute Gasteiger partial charge is 0.437 e. The fraction of sp³-hybridized carbons (Fsp3) is 0.227. The van der Waals surface area contributed by atoms with Gasteiger partial charge in [-0.15, -0.1) is 0 Å². The lowest BCUT2D eigenvalue weighted by Gasteiger charge is -2.19. The van der Waals surface area contributed by atoms with Crippen molar-refractivity contribution in [3.63, 3.8) is 0 Å². The minimum absolute atomic E-state index is 0.165. The third-order valence-electron chi connectivity index (χ3n) is 4.61. The molecule has 0 aliphatic heterocycles. The summed E-state index contributed by atoms with van der Waals surface area (Å²) in [6, 6.07) is 13.8. The van der Waals surface area contributed by atoms with Crippen molar-refractivity contribution in [1.29, 1.82) is 0 Å². The van der Waals surface area contributed by atoms with Crippen LogP contribution in [-0.4, -0.2) is 39.8 Å². The number of amides is 2. The highest BCUT2D eigenvalue weighted by molar-refractivity contribution is 5.96. The fourth-order valence-electron chi connectivity index (χ4n) is 3.10. The number of rotatable bonds is 6. The van der Waals surface area contributed by atoms with Gasteiger partial charge in [-0.2, -0.15) is 18.3 Å². The molecule has 0 aliphatic carbocycles. The predicted octanol–water partition coefficient (Wildman–Crippen LogP) is 4.98. The lowest BCUT2D eigenvalue weighted by atomic mass is 10.1. The minimum atomic E-state index is -4.82. The Kier molecular flexibility index (Phi) is 6.82. The first-order valence-electron chi connectivity index (χ1n) is 9.83. The fourth-order valence-corrected chi connectivity index (χ4v) is 3.10. The van der Waals surface area contributed by atoms with Gasteiger partial charge in [0.25, 0.3) is 5.91 Å². The quantitative estimate of drug-likeness (QED) is 0.579. The molecule has 0 aliphatic rings. The van der Waals surface area contributed by atoms with Crippen molar-refractivity contribution in [2.45, 2.75) is 20.0 Å². The predicted molar refractivity (Wildman–Crippen MR) is 112 cm³/mol. The molecule has 0 unspecified atom stereocenters. The average Bonchev–Trinajstić information content (AvgIpc) is 3.19. The Morgan fingerprint density at radius 3 is 2.38 bits per heavy atom. The second-order valence-corrected chi connectivity index (χ2v) is 6.68. The molecule has 0 saturated carbocycles. The number of halogens is 3. The van der Waals surface area contributed by atoms with E-state index >= 15 is 0 Å². The van der Waals surface area contributed by atoms with Gasteiger partial charge in [0.1, 0.15) is 0 Å². The second kappa shape index (κ2) is 9.54. The van der Waals surface area contributed by atoms with E-state index in [1.807, 2.05) is 13.8 Å². The molecule has 7 nitrogen and oxygen atoms in total. The lowest BCUT2D eigenvalue weighted by Crippen LogP contribution is -2.30. The molecule has 10 heteroatoms. The number of benzene rings is 2. The molecule has 0 atom stereocenters. The summed E-state index contributed by atoms with van der Waals surface area (Å²) in [5.41, 5.74) is -0.515. The first-order chi connectivity index (χ1) is 15.2. The summed E-state index contributed by atoms with van der Waals surface area (Å²) in [6.07, 6.45) is -5.14. The number of alkyl halides is 3. The van der Waals surface area contributed by atoms with Gasteiger partial charge in [0.15, 0.2) is 11.4 Å². The molecule has 2 amide bonds. The third kappa shape index (κ3) is 5.08. The lowest BCUT2D eigenvalue weighted by molar-refractivity contribution is -0.143. The first kappa shape index (κ1) is 22.9. The van der Waals surface area contributed by atoms with Gasteiger partial charge < -0.3 is 9.64 Å². The van der Waals surface area contributed by atoms with Gasteiger partial charge >= 0.3 is 12.3 Å². The van der Waals surface area contributed by atoms with Gasteiger partial charge in [0, 0.05) is 24.3 Å². The van der Waals surface area contributed by atoms with Crippen LogP contribution in [0.1, 0.15) is 29.9 Å². The number of anilines is 1. The van der Waals surface area contributed by atoms with Crippen LogP contribution in [0, 0.1) is 0 Å². The van der Waals surface area contributed by atoms with E-state index < -0.39 is 23.7 Å². The number of nitrogens with zero attached hydrogens (tertiary/aromatic N) is 3. The van der Waals surface area contributed by atoms with Crippen LogP contribution in [0.5, 0.6) is 5.75 Å². The van der Waals surface area contributed by atoms with Crippen LogP contribution in [0.25, 0.3) is 5.69 Å². The van der Waals surface area contributed by atoms with Crippen molar-refractivity contribution in [1.82, 2.24) is 14.7 Å². The molecule has 0 fully saturated rings. The van der Waals surface area contributed by atoms with Gasteiger partial charge in [0.2, 0.25) is 0 Å². The Morgan fingerprint density at radius 2 is 1.75 bits per heavy atom. The highest BCUT2D eigenvalue weighted by Crippen LogP contribution is 2.37. The van der Waals surface area contributed by atoms with Crippen molar-refractivity contribution < 1.29 is 27.5 Å². The standard InChI is InChI=1S/C22H21F3N4O3/c1-3-28(4-2)20(30)15-9-8-10-16(13-15)27-21(31)32-18-14-26-29(19(18)22(23,24)25)17-11-6-5-7-12-17/h5-14H,3-4H2,1-2H3,(H,27,31). The molecule has 3 rings (SSSR count). The van der Waals surface area contributed by atoms with Crippen LogP contribution in [0.3, 0.4) is 0 Å². The summed E-state index contributed by atoms with van der Waals surface area (Å²) >= 11 is 0.